The summed E-state index contributed by atoms with van der Waals surface area (Å²) < 4.78 is 22.0. The standard InChI is InChI=1S/C9H14N2O2S/c1-2-8-10-5-9(14(12)13)11(8)6-7-3-4-7/h5,7H,2-4,6H2,1H3,(H,12,13). The number of rotatable bonds is 4. The molecule has 1 fully saturated rings. The minimum Gasteiger partial charge on any atom is -0.319 e. The largest absolute Gasteiger partial charge is 0.319 e. The third-order valence-corrected chi connectivity index (χ3v) is 3.22. The van der Waals surface area contributed by atoms with Crippen LogP contribution >= 0.6 is 0 Å². The van der Waals surface area contributed by atoms with E-state index in [2.05, 4.69) is 4.98 Å². The average molecular weight is 214 g/mol. The molecule has 78 valence electrons. The van der Waals surface area contributed by atoms with Crippen LogP contribution < -0.4 is 0 Å². The molecular formula is C9H14N2O2S. The molecule has 1 aromatic rings. The number of hydrogen-bond acceptors (Lipinski definition) is 2. The Bertz CT molecular complexity index is 358. The van der Waals surface area contributed by atoms with Gasteiger partial charge in [0.1, 0.15) is 5.82 Å². The summed E-state index contributed by atoms with van der Waals surface area (Å²) in [6.45, 7) is 2.86. The second-order valence-electron chi connectivity index (χ2n) is 3.67. The highest BCUT2D eigenvalue weighted by atomic mass is 32.2. The lowest BCUT2D eigenvalue weighted by Crippen LogP contribution is -2.09. The van der Waals surface area contributed by atoms with Crippen LogP contribution in [0.15, 0.2) is 11.2 Å². The molecule has 1 aromatic heterocycles. The first-order valence-electron chi connectivity index (χ1n) is 4.87. The third kappa shape index (κ3) is 1.88. The molecule has 14 heavy (non-hydrogen) atoms. The number of aromatic nitrogens is 2. The predicted molar refractivity (Wildman–Crippen MR) is 53.4 cm³/mol. The second-order valence-corrected chi connectivity index (χ2v) is 4.59. The Morgan fingerprint density at radius 1 is 1.71 bits per heavy atom. The van der Waals surface area contributed by atoms with E-state index in [9.17, 15) is 4.21 Å². The van der Waals surface area contributed by atoms with Gasteiger partial charge in [0, 0.05) is 13.0 Å². The zero-order valence-corrected chi connectivity index (χ0v) is 8.96. The van der Waals surface area contributed by atoms with Gasteiger partial charge in [-0.2, -0.15) is 0 Å². The van der Waals surface area contributed by atoms with Gasteiger partial charge in [-0.1, -0.05) is 6.92 Å². The lowest BCUT2D eigenvalue weighted by molar-refractivity contribution is 0.521. The van der Waals surface area contributed by atoms with Gasteiger partial charge in [-0.05, 0) is 18.8 Å². The Hall–Kier alpha value is -0.680. The maximum Gasteiger partial charge on any atom is 0.205 e. The molecule has 0 saturated heterocycles. The highest BCUT2D eigenvalue weighted by Crippen LogP contribution is 2.31. The van der Waals surface area contributed by atoms with Gasteiger partial charge in [0.25, 0.3) is 0 Å². The molecule has 0 amide bonds. The second kappa shape index (κ2) is 3.82. The van der Waals surface area contributed by atoms with E-state index in [0.29, 0.717) is 10.9 Å². The molecule has 0 radical (unpaired) electrons. The van der Waals surface area contributed by atoms with Crippen LogP contribution in [0.25, 0.3) is 0 Å². The van der Waals surface area contributed by atoms with E-state index in [-0.39, 0.29) is 0 Å². The van der Waals surface area contributed by atoms with Crippen molar-refractivity contribution in [3.05, 3.63) is 12.0 Å². The Morgan fingerprint density at radius 3 is 2.93 bits per heavy atom. The molecule has 1 saturated carbocycles. The van der Waals surface area contributed by atoms with Crippen LogP contribution in [0.1, 0.15) is 25.6 Å². The van der Waals surface area contributed by atoms with Gasteiger partial charge in [-0.25, -0.2) is 9.19 Å². The molecule has 1 N–H and O–H groups in total. The monoisotopic (exact) mass is 214 g/mol. The Kier molecular flexibility index (Phi) is 2.69. The van der Waals surface area contributed by atoms with Crippen LogP contribution in [0.2, 0.25) is 0 Å². The summed E-state index contributed by atoms with van der Waals surface area (Å²) in [5.74, 6) is 1.60. The molecule has 0 bridgehead atoms. The van der Waals surface area contributed by atoms with Crippen LogP contribution in [0, 0.1) is 5.92 Å². The topological polar surface area (TPSA) is 55.1 Å². The van der Waals surface area contributed by atoms with Crippen molar-refractivity contribution >= 4 is 11.1 Å². The van der Waals surface area contributed by atoms with E-state index in [4.69, 9.17) is 4.55 Å². The quantitative estimate of drug-likeness (QED) is 0.771. The fourth-order valence-electron chi connectivity index (χ4n) is 1.57. The highest BCUT2D eigenvalue weighted by Gasteiger charge is 2.24. The molecule has 0 aromatic carbocycles. The summed E-state index contributed by atoms with van der Waals surface area (Å²) in [6, 6.07) is 0. The number of imidazole rings is 1. The summed E-state index contributed by atoms with van der Waals surface area (Å²) in [5.41, 5.74) is 0. The minimum atomic E-state index is -1.91. The van der Waals surface area contributed by atoms with Crippen molar-refractivity contribution in [3.8, 4) is 0 Å². The number of nitrogens with zero attached hydrogens (tertiary/aromatic N) is 2. The van der Waals surface area contributed by atoms with Crippen LogP contribution in [-0.2, 0) is 24.0 Å². The SMILES string of the molecule is CCc1ncc(S(=O)O)n1CC1CC1. The molecule has 1 unspecified atom stereocenters. The van der Waals surface area contributed by atoms with Crippen LogP contribution in [-0.4, -0.2) is 18.3 Å². The zero-order valence-electron chi connectivity index (χ0n) is 8.14. The maximum atomic E-state index is 11.0. The molecule has 1 aliphatic carbocycles. The third-order valence-electron chi connectivity index (χ3n) is 2.53. The molecule has 5 heteroatoms. The minimum absolute atomic E-state index is 0.439. The smallest absolute Gasteiger partial charge is 0.205 e. The van der Waals surface area contributed by atoms with Crippen molar-refractivity contribution < 1.29 is 8.76 Å². The predicted octanol–water partition coefficient (Wildman–Crippen LogP) is 1.44. The fourth-order valence-corrected chi connectivity index (χ4v) is 2.08. The van der Waals surface area contributed by atoms with Crippen molar-refractivity contribution in [2.75, 3.05) is 0 Å². The van der Waals surface area contributed by atoms with E-state index < -0.39 is 11.1 Å². The first kappa shape index (κ1) is 9.86. The van der Waals surface area contributed by atoms with Crippen molar-refractivity contribution in [2.24, 2.45) is 5.92 Å². The van der Waals surface area contributed by atoms with E-state index in [1.165, 1.54) is 19.0 Å². The first-order valence-corrected chi connectivity index (χ1v) is 5.98. The normalized spacial score (nSPS) is 18.4. The van der Waals surface area contributed by atoms with Crippen molar-refractivity contribution in [1.82, 2.24) is 9.55 Å². The molecular weight excluding hydrogens is 200 g/mol. The molecule has 4 nitrogen and oxygen atoms in total. The Labute approximate surface area is 85.6 Å². The molecule has 1 atom stereocenters. The van der Waals surface area contributed by atoms with Crippen molar-refractivity contribution in [2.45, 2.75) is 37.8 Å². The van der Waals surface area contributed by atoms with Crippen molar-refractivity contribution in [3.63, 3.8) is 0 Å². The van der Waals surface area contributed by atoms with Gasteiger partial charge >= 0.3 is 0 Å². The summed E-state index contributed by atoms with van der Waals surface area (Å²) in [7, 11) is 0. The fraction of sp³-hybridized carbons (Fsp3) is 0.667. The molecule has 0 aliphatic heterocycles. The molecule has 1 heterocycles. The van der Waals surface area contributed by atoms with Gasteiger partial charge in [0.2, 0.25) is 11.1 Å². The number of aryl methyl sites for hydroxylation is 1. The van der Waals surface area contributed by atoms with E-state index in [1.54, 1.807) is 0 Å². The first-order chi connectivity index (χ1) is 6.72. The lowest BCUT2D eigenvalue weighted by atomic mass is 10.4. The van der Waals surface area contributed by atoms with Gasteiger partial charge in [-0.15, -0.1) is 0 Å². The van der Waals surface area contributed by atoms with E-state index in [0.717, 1.165) is 18.8 Å². The van der Waals surface area contributed by atoms with Crippen LogP contribution in [0.3, 0.4) is 0 Å². The lowest BCUT2D eigenvalue weighted by Gasteiger charge is -2.07. The zero-order chi connectivity index (χ0) is 10.1. The van der Waals surface area contributed by atoms with Crippen molar-refractivity contribution in [1.29, 1.82) is 0 Å². The summed E-state index contributed by atoms with van der Waals surface area (Å²) in [6.07, 6.45) is 4.79. The Morgan fingerprint density at radius 2 is 2.43 bits per heavy atom. The van der Waals surface area contributed by atoms with Gasteiger partial charge in [-0.3, -0.25) is 0 Å². The summed E-state index contributed by atoms with van der Waals surface area (Å²) in [5, 5.41) is 0.439. The van der Waals surface area contributed by atoms with Gasteiger partial charge in [0.05, 0.1) is 6.20 Å². The van der Waals surface area contributed by atoms with Gasteiger partial charge < -0.3 is 9.12 Å². The van der Waals surface area contributed by atoms with E-state index in [1.807, 2.05) is 11.5 Å². The average Bonchev–Trinajstić information content (AvgIpc) is 2.84. The highest BCUT2D eigenvalue weighted by molar-refractivity contribution is 7.79. The van der Waals surface area contributed by atoms with Crippen LogP contribution in [0.4, 0.5) is 0 Å². The maximum absolute atomic E-state index is 11.0. The number of hydrogen-bond donors (Lipinski definition) is 1. The molecule has 1 aliphatic rings. The van der Waals surface area contributed by atoms with Crippen LogP contribution in [0.5, 0.6) is 0 Å². The Balaban J connectivity index is 2.29. The molecule has 2 rings (SSSR count). The van der Waals surface area contributed by atoms with E-state index >= 15 is 0 Å². The summed E-state index contributed by atoms with van der Waals surface area (Å²) >= 11 is -1.91. The molecule has 0 spiro atoms. The summed E-state index contributed by atoms with van der Waals surface area (Å²) in [4.78, 5) is 4.15. The van der Waals surface area contributed by atoms with Gasteiger partial charge in [0.15, 0.2) is 5.03 Å².